The average Bonchev–Trinajstić information content (AvgIpc) is 2.65. The molecule has 1 unspecified atom stereocenters. The van der Waals surface area contributed by atoms with E-state index in [1.807, 2.05) is 25.5 Å². The van der Waals surface area contributed by atoms with E-state index >= 15 is 0 Å². The van der Waals surface area contributed by atoms with Crippen LogP contribution >= 0.6 is 0 Å². The molecule has 0 aromatic carbocycles. The molecule has 5 heteroatoms. The number of aromatic amines is 1. The minimum Gasteiger partial charge on any atom is -0.481 e. The lowest BCUT2D eigenvalue weighted by molar-refractivity contribution is -0.137. The van der Waals surface area contributed by atoms with Crippen LogP contribution in [-0.2, 0) is 11.2 Å². The van der Waals surface area contributed by atoms with Crippen LogP contribution < -0.4 is 5.73 Å². The summed E-state index contributed by atoms with van der Waals surface area (Å²) in [5.41, 5.74) is 6.94. The number of nitrogens with zero attached hydrogens (tertiary/aromatic N) is 1. The third-order valence-electron chi connectivity index (χ3n) is 2.43. The topological polar surface area (TPSA) is 82.3 Å². The quantitative estimate of drug-likeness (QED) is 0.623. The van der Waals surface area contributed by atoms with E-state index in [-0.39, 0.29) is 12.5 Å². The van der Waals surface area contributed by atoms with E-state index in [1.165, 1.54) is 5.56 Å². The summed E-state index contributed by atoms with van der Waals surface area (Å²) in [6.45, 7) is 1.49. The van der Waals surface area contributed by atoms with Crippen LogP contribution in [0.3, 0.4) is 0 Å². The minimum atomic E-state index is -0.841. The van der Waals surface area contributed by atoms with Gasteiger partial charge in [0.15, 0.2) is 0 Å². The first-order valence-corrected chi connectivity index (χ1v) is 5.35. The van der Waals surface area contributed by atoms with Crippen LogP contribution in [0, 0.1) is 0 Å². The van der Waals surface area contributed by atoms with Crippen molar-refractivity contribution in [3.8, 4) is 0 Å². The Kier molecular flexibility index (Phi) is 5.01. The predicted octanol–water partition coefficient (Wildman–Crippen LogP) is 0.291. The number of hydrogen-bond acceptors (Lipinski definition) is 3. The highest BCUT2D eigenvalue weighted by Crippen LogP contribution is 2.00. The van der Waals surface area contributed by atoms with Crippen molar-refractivity contribution in [2.24, 2.45) is 5.73 Å². The van der Waals surface area contributed by atoms with Crippen LogP contribution in [0.5, 0.6) is 0 Å². The van der Waals surface area contributed by atoms with Crippen molar-refractivity contribution >= 4 is 5.97 Å². The van der Waals surface area contributed by atoms with Gasteiger partial charge in [-0.05, 0) is 25.1 Å². The lowest BCUT2D eigenvalue weighted by Crippen LogP contribution is -2.37. The van der Waals surface area contributed by atoms with Crippen LogP contribution in [0.25, 0.3) is 0 Å². The molecule has 0 aliphatic carbocycles. The van der Waals surface area contributed by atoms with Gasteiger partial charge in [0.25, 0.3) is 0 Å². The van der Waals surface area contributed by atoms with Gasteiger partial charge in [0, 0.05) is 31.5 Å². The summed E-state index contributed by atoms with van der Waals surface area (Å²) in [5.74, 6) is -0.841. The minimum absolute atomic E-state index is 0.0223. The first-order valence-electron chi connectivity index (χ1n) is 5.35. The zero-order chi connectivity index (χ0) is 12.0. The summed E-state index contributed by atoms with van der Waals surface area (Å²) in [5, 5.41) is 8.57. The Hall–Kier alpha value is -1.33. The number of H-pyrrole nitrogens is 1. The number of aliphatic carboxylic acids is 1. The van der Waals surface area contributed by atoms with Crippen molar-refractivity contribution in [3.05, 3.63) is 24.0 Å². The van der Waals surface area contributed by atoms with E-state index in [4.69, 9.17) is 10.8 Å². The number of carbonyl (C=O) groups is 1. The zero-order valence-corrected chi connectivity index (χ0v) is 9.52. The molecule has 0 aliphatic rings. The van der Waals surface area contributed by atoms with Gasteiger partial charge in [-0.2, -0.15) is 0 Å². The van der Waals surface area contributed by atoms with Crippen LogP contribution in [-0.4, -0.2) is 47.1 Å². The van der Waals surface area contributed by atoms with E-state index in [9.17, 15) is 4.79 Å². The molecule has 1 atom stereocenters. The second-order valence-corrected chi connectivity index (χ2v) is 4.09. The summed E-state index contributed by atoms with van der Waals surface area (Å²) in [6, 6.07) is 1.74. The van der Waals surface area contributed by atoms with Gasteiger partial charge < -0.3 is 20.7 Å². The lowest BCUT2D eigenvalue weighted by atomic mass is 10.2. The molecule has 1 rings (SSSR count). The molecule has 0 radical (unpaired) electrons. The number of rotatable bonds is 7. The standard InChI is InChI=1S/C11H19N3O2/c1-14(8-10(12)6-11(15)16)5-3-9-2-4-13-7-9/h2,4,7,10,13H,3,5-6,8,12H2,1H3,(H,15,16). The largest absolute Gasteiger partial charge is 0.481 e. The van der Waals surface area contributed by atoms with Gasteiger partial charge in [0.05, 0.1) is 6.42 Å². The lowest BCUT2D eigenvalue weighted by Gasteiger charge is -2.19. The zero-order valence-electron chi connectivity index (χ0n) is 9.52. The molecule has 0 spiro atoms. The summed E-state index contributed by atoms with van der Waals surface area (Å²) >= 11 is 0. The Balaban J connectivity index is 2.20. The normalized spacial score (nSPS) is 12.9. The fourth-order valence-corrected chi connectivity index (χ4v) is 1.61. The molecule has 90 valence electrons. The Morgan fingerprint density at radius 2 is 2.44 bits per heavy atom. The molecular weight excluding hydrogens is 206 g/mol. The first-order chi connectivity index (χ1) is 7.58. The molecule has 16 heavy (non-hydrogen) atoms. The van der Waals surface area contributed by atoms with Crippen molar-refractivity contribution < 1.29 is 9.90 Å². The van der Waals surface area contributed by atoms with E-state index < -0.39 is 5.97 Å². The Bertz CT molecular complexity index is 311. The summed E-state index contributed by atoms with van der Waals surface area (Å²) in [7, 11) is 1.95. The molecular formula is C11H19N3O2. The number of carboxylic acids is 1. The van der Waals surface area contributed by atoms with Crippen molar-refractivity contribution in [1.82, 2.24) is 9.88 Å². The Labute approximate surface area is 95.3 Å². The third kappa shape index (κ3) is 4.95. The van der Waals surface area contributed by atoms with Crippen LogP contribution in [0.15, 0.2) is 18.5 Å². The summed E-state index contributed by atoms with van der Waals surface area (Å²) in [4.78, 5) is 15.5. The van der Waals surface area contributed by atoms with Crippen LogP contribution in [0.4, 0.5) is 0 Å². The molecule has 1 heterocycles. The molecule has 0 aliphatic heterocycles. The monoisotopic (exact) mass is 225 g/mol. The Morgan fingerprint density at radius 3 is 3.00 bits per heavy atom. The smallest absolute Gasteiger partial charge is 0.304 e. The fraction of sp³-hybridized carbons (Fsp3) is 0.545. The molecule has 0 saturated heterocycles. The molecule has 0 amide bonds. The van der Waals surface area contributed by atoms with Gasteiger partial charge in [-0.1, -0.05) is 0 Å². The van der Waals surface area contributed by atoms with E-state index in [1.54, 1.807) is 0 Å². The maximum absolute atomic E-state index is 10.4. The number of aromatic nitrogens is 1. The maximum Gasteiger partial charge on any atom is 0.304 e. The number of hydrogen-bond donors (Lipinski definition) is 3. The number of carboxylic acid groups (broad SMARTS) is 1. The predicted molar refractivity (Wildman–Crippen MR) is 62.2 cm³/mol. The molecule has 5 nitrogen and oxygen atoms in total. The van der Waals surface area contributed by atoms with Gasteiger partial charge in [-0.25, -0.2) is 0 Å². The van der Waals surface area contributed by atoms with Gasteiger partial charge in [0.1, 0.15) is 0 Å². The van der Waals surface area contributed by atoms with E-state index in [0.717, 1.165) is 13.0 Å². The van der Waals surface area contributed by atoms with Crippen molar-refractivity contribution in [2.45, 2.75) is 18.9 Å². The molecule has 0 bridgehead atoms. The van der Waals surface area contributed by atoms with Gasteiger partial charge >= 0.3 is 5.97 Å². The van der Waals surface area contributed by atoms with Crippen LogP contribution in [0.1, 0.15) is 12.0 Å². The Morgan fingerprint density at radius 1 is 1.69 bits per heavy atom. The SMILES string of the molecule is CN(CCc1cc[nH]c1)CC(N)CC(=O)O. The molecule has 0 fully saturated rings. The van der Waals surface area contributed by atoms with Gasteiger partial charge in [-0.3, -0.25) is 4.79 Å². The maximum atomic E-state index is 10.4. The van der Waals surface area contributed by atoms with Crippen LogP contribution in [0.2, 0.25) is 0 Å². The second-order valence-electron chi connectivity index (χ2n) is 4.09. The fourth-order valence-electron chi connectivity index (χ4n) is 1.61. The van der Waals surface area contributed by atoms with E-state index in [0.29, 0.717) is 6.54 Å². The van der Waals surface area contributed by atoms with E-state index in [2.05, 4.69) is 9.88 Å². The summed E-state index contributed by atoms with van der Waals surface area (Å²) < 4.78 is 0. The first kappa shape index (κ1) is 12.7. The number of nitrogens with one attached hydrogen (secondary N) is 1. The molecule has 0 saturated carbocycles. The molecule has 1 aromatic heterocycles. The molecule has 4 N–H and O–H groups in total. The number of nitrogens with two attached hydrogens (primary N) is 1. The van der Waals surface area contributed by atoms with Crippen molar-refractivity contribution in [2.75, 3.05) is 20.1 Å². The highest BCUT2D eigenvalue weighted by atomic mass is 16.4. The third-order valence-corrected chi connectivity index (χ3v) is 2.43. The second kappa shape index (κ2) is 6.30. The summed E-state index contributed by atoms with van der Waals surface area (Å²) in [6.07, 6.45) is 4.82. The number of likely N-dealkylation sites (N-methyl/N-ethyl adjacent to an activating group) is 1. The van der Waals surface area contributed by atoms with Crippen molar-refractivity contribution in [3.63, 3.8) is 0 Å². The van der Waals surface area contributed by atoms with Gasteiger partial charge in [-0.15, -0.1) is 0 Å². The highest BCUT2D eigenvalue weighted by molar-refractivity contribution is 5.67. The van der Waals surface area contributed by atoms with Crippen molar-refractivity contribution in [1.29, 1.82) is 0 Å². The molecule has 1 aromatic rings. The average molecular weight is 225 g/mol. The highest BCUT2D eigenvalue weighted by Gasteiger charge is 2.10. The van der Waals surface area contributed by atoms with Gasteiger partial charge in [0.2, 0.25) is 0 Å².